The Kier molecular flexibility index (Phi) is 12.5. The second-order valence-corrected chi connectivity index (χ2v) is 25.0. The van der Waals surface area contributed by atoms with Crippen molar-refractivity contribution in [3.8, 4) is 5.75 Å². The smallest absolute Gasteiger partial charge is 0.342 e. The lowest BCUT2D eigenvalue weighted by molar-refractivity contribution is -0.280. The average molecular weight is 791 g/mol. The van der Waals surface area contributed by atoms with Crippen LogP contribution in [0.5, 0.6) is 5.75 Å². The van der Waals surface area contributed by atoms with Crippen LogP contribution in [0.2, 0.25) is 18.1 Å². The molecule has 1 saturated heterocycles. The first kappa shape index (κ1) is 41.8. The minimum absolute atomic E-state index is 0.0284. The summed E-state index contributed by atoms with van der Waals surface area (Å²) in [6.07, 6.45) is 18.0. The molecule has 2 saturated carbocycles. The Labute approximate surface area is 337 Å². The summed E-state index contributed by atoms with van der Waals surface area (Å²) in [4.78, 5) is 28.2. The molecule has 56 heavy (non-hydrogen) atoms. The van der Waals surface area contributed by atoms with Gasteiger partial charge in [-0.05, 0) is 111 Å². The normalized spacial score (nSPS) is 29.3. The molecule has 2 aliphatic heterocycles. The molecule has 6 aliphatic rings. The van der Waals surface area contributed by atoms with Gasteiger partial charge in [-0.3, -0.25) is 0 Å². The number of benzene rings is 1. The highest BCUT2D eigenvalue weighted by Gasteiger charge is 2.60. The summed E-state index contributed by atoms with van der Waals surface area (Å²) in [5, 5.41) is 0.0599. The highest BCUT2D eigenvalue weighted by Crippen LogP contribution is 2.58. The van der Waals surface area contributed by atoms with Crippen molar-refractivity contribution in [3.63, 3.8) is 0 Å². The monoisotopic (exact) mass is 790 g/mol. The lowest BCUT2D eigenvalue weighted by Crippen LogP contribution is -2.53. The van der Waals surface area contributed by atoms with Crippen LogP contribution in [0.4, 0.5) is 0 Å². The number of rotatable bonds is 11. The van der Waals surface area contributed by atoms with Crippen LogP contribution < -0.4 is 4.74 Å². The molecule has 310 valence electrons. The molecule has 4 aliphatic carbocycles. The van der Waals surface area contributed by atoms with Gasteiger partial charge in [0, 0.05) is 23.0 Å². The number of carbonyl (C=O) groups excluding carboxylic acids is 2. The third-order valence-corrected chi connectivity index (χ3v) is 19.5. The first-order valence-electron chi connectivity index (χ1n) is 22.0. The van der Waals surface area contributed by atoms with Gasteiger partial charge in [-0.1, -0.05) is 96.8 Å². The maximum atomic E-state index is 14.3. The fourth-order valence-electron chi connectivity index (χ4n) is 10.8. The van der Waals surface area contributed by atoms with Gasteiger partial charge >= 0.3 is 11.9 Å². The topological polar surface area (TPSA) is 89.5 Å². The van der Waals surface area contributed by atoms with E-state index >= 15 is 0 Å². The van der Waals surface area contributed by atoms with Crippen LogP contribution in [0.15, 0.2) is 47.1 Å². The van der Waals surface area contributed by atoms with Gasteiger partial charge < -0.3 is 28.1 Å². The number of ether oxygens (including phenoxy) is 5. The summed E-state index contributed by atoms with van der Waals surface area (Å²) >= 11 is 0. The van der Waals surface area contributed by atoms with Crippen molar-refractivity contribution < 1.29 is 37.7 Å². The van der Waals surface area contributed by atoms with Crippen LogP contribution >= 0.6 is 0 Å². The molecule has 3 unspecified atom stereocenters. The Morgan fingerprint density at radius 2 is 1.48 bits per heavy atom. The minimum atomic E-state index is -2.17. The number of cyclic esters (lactones) is 2. The van der Waals surface area contributed by atoms with Crippen molar-refractivity contribution >= 4 is 20.3 Å². The zero-order valence-electron chi connectivity index (χ0n) is 35.7. The summed E-state index contributed by atoms with van der Waals surface area (Å²) in [6, 6.07) is 8.01. The van der Waals surface area contributed by atoms with Crippen molar-refractivity contribution in [3.05, 3.63) is 52.6 Å². The molecule has 0 aromatic heterocycles. The number of hydrogen-bond donors (Lipinski definition) is 0. The summed E-state index contributed by atoms with van der Waals surface area (Å²) < 4.78 is 38.9. The molecular formula is C47H70O8Si. The first-order chi connectivity index (χ1) is 26.6. The Hall–Kier alpha value is -2.30. The van der Waals surface area contributed by atoms with Crippen LogP contribution in [-0.2, 0) is 39.6 Å². The lowest BCUT2D eigenvalue weighted by Gasteiger charge is -2.52. The molecular weight excluding hydrogens is 721 g/mol. The Morgan fingerprint density at radius 1 is 0.857 bits per heavy atom. The number of hydrogen-bond acceptors (Lipinski definition) is 8. The SMILES string of the molecule is COc1ccc(COC2C3=C[C@@H](C4CCCCCCC4)[C@H](CC(CC4CCCC4)O[Si](C)(C)C(C)(C)C)C2C2=C(CC34COC(C)(C)OC4)C(=O)OC2=O)cc1. The average Bonchev–Trinajstić information content (AvgIpc) is 3.72. The van der Waals surface area contributed by atoms with Crippen molar-refractivity contribution in [2.75, 3.05) is 20.3 Å². The van der Waals surface area contributed by atoms with Crippen LogP contribution in [-0.4, -0.2) is 58.6 Å². The van der Waals surface area contributed by atoms with Gasteiger partial charge in [0.1, 0.15) is 5.75 Å². The van der Waals surface area contributed by atoms with Gasteiger partial charge in [-0.25, -0.2) is 9.59 Å². The number of allylic oxidation sites excluding steroid dienone is 1. The van der Waals surface area contributed by atoms with Crippen molar-refractivity contribution in [2.45, 2.75) is 167 Å². The van der Waals surface area contributed by atoms with E-state index in [2.05, 4.69) is 39.9 Å². The molecule has 0 amide bonds. The molecule has 2 heterocycles. The molecule has 3 fully saturated rings. The zero-order chi connectivity index (χ0) is 39.9. The second-order valence-electron chi connectivity index (χ2n) is 20.2. The molecule has 0 N–H and O–H groups in total. The van der Waals surface area contributed by atoms with E-state index in [1.807, 2.05) is 38.1 Å². The van der Waals surface area contributed by atoms with E-state index in [0.29, 0.717) is 49.2 Å². The molecule has 8 nitrogen and oxygen atoms in total. The van der Waals surface area contributed by atoms with E-state index < -0.39 is 37.6 Å². The maximum Gasteiger partial charge on any atom is 0.342 e. The Balaban J connectivity index is 1.39. The van der Waals surface area contributed by atoms with Gasteiger partial charge in [0.2, 0.25) is 0 Å². The summed E-state index contributed by atoms with van der Waals surface area (Å²) in [7, 11) is -0.496. The van der Waals surface area contributed by atoms with Crippen LogP contribution in [0.1, 0.15) is 130 Å². The minimum Gasteiger partial charge on any atom is -0.497 e. The van der Waals surface area contributed by atoms with E-state index in [1.54, 1.807) is 7.11 Å². The van der Waals surface area contributed by atoms with E-state index in [9.17, 15) is 9.59 Å². The summed E-state index contributed by atoms with van der Waals surface area (Å²) in [5.74, 6) is -0.0286. The molecule has 5 atom stereocenters. The number of fused-ring (bicyclic) bond motifs is 4. The molecule has 2 bridgehead atoms. The van der Waals surface area contributed by atoms with Gasteiger partial charge in [0.25, 0.3) is 0 Å². The first-order valence-corrected chi connectivity index (χ1v) is 24.9. The largest absolute Gasteiger partial charge is 0.497 e. The van der Waals surface area contributed by atoms with E-state index in [0.717, 1.165) is 42.6 Å². The van der Waals surface area contributed by atoms with Crippen molar-refractivity contribution in [2.24, 2.45) is 35.0 Å². The maximum absolute atomic E-state index is 14.3. The van der Waals surface area contributed by atoms with Gasteiger partial charge in [0.05, 0.1) is 38.6 Å². The predicted molar refractivity (Wildman–Crippen MR) is 220 cm³/mol. The predicted octanol–water partition coefficient (Wildman–Crippen LogP) is 10.6. The Morgan fingerprint density at radius 3 is 2.11 bits per heavy atom. The highest BCUT2D eigenvalue weighted by atomic mass is 28.4. The van der Waals surface area contributed by atoms with Crippen LogP contribution in [0.25, 0.3) is 0 Å². The van der Waals surface area contributed by atoms with E-state index in [-0.39, 0.29) is 28.9 Å². The molecule has 1 aromatic rings. The van der Waals surface area contributed by atoms with Gasteiger partial charge in [-0.2, -0.15) is 0 Å². The van der Waals surface area contributed by atoms with E-state index in [4.69, 9.17) is 28.1 Å². The van der Waals surface area contributed by atoms with Crippen molar-refractivity contribution in [1.82, 2.24) is 0 Å². The van der Waals surface area contributed by atoms with E-state index in [1.165, 1.54) is 57.8 Å². The quantitative estimate of drug-likeness (QED) is 0.0947. The second kappa shape index (κ2) is 16.7. The summed E-state index contributed by atoms with van der Waals surface area (Å²) in [6.45, 7) is 16.8. The molecule has 0 radical (unpaired) electrons. The number of carbonyl (C=O) groups is 2. The zero-order valence-corrected chi connectivity index (χ0v) is 36.7. The van der Waals surface area contributed by atoms with Gasteiger partial charge in [0.15, 0.2) is 14.1 Å². The van der Waals surface area contributed by atoms with Crippen LogP contribution in [0, 0.1) is 35.0 Å². The fourth-order valence-corrected chi connectivity index (χ4v) is 12.1. The molecule has 1 aromatic carbocycles. The van der Waals surface area contributed by atoms with Crippen molar-refractivity contribution in [1.29, 1.82) is 0 Å². The lowest BCUT2D eigenvalue weighted by atomic mass is 9.59. The van der Waals surface area contributed by atoms with Gasteiger partial charge in [-0.15, -0.1) is 0 Å². The Bertz CT molecular complexity index is 1610. The summed E-state index contributed by atoms with van der Waals surface area (Å²) in [5.41, 5.74) is 2.52. The fraction of sp³-hybridized carbons (Fsp3) is 0.745. The third-order valence-electron chi connectivity index (χ3n) is 14.9. The standard InChI is InChI=1S/C47H70O8Si/c1-45(2,3)56(7,8)55-35(24-31-16-14-15-17-31)25-37-36(33-18-12-10-9-11-13-19-33)26-39-42(51-28-32-20-22-34(50-6)23-21-32)40(37)41-38(43(48)54-44(41)49)27-47(39)29-52-46(4,5)53-30-47/h20-23,26,31,33,35-37,40,42H,9-19,24-25,27-30H2,1-8H3/t35?,36-,37-,40?,42?/m0/s1. The third kappa shape index (κ3) is 8.83. The number of esters is 2. The van der Waals surface area contributed by atoms with Crippen LogP contribution in [0.3, 0.4) is 0 Å². The number of methoxy groups -OCH3 is 1. The molecule has 9 heteroatoms. The molecule has 7 rings (SSSR count). The molecule has 1 spiro atoms. The highest BCUT2D eigenvalue weighted by molar-refractivity contribution is 6.74.